The predicted octanol–water partition coefficient (Wildman–Crippen LogP) is 0.619. The van der Waals surface area contributed by atoms with Crippen LogP contribution in [0.4, 0.5) is 5.82 Å². The third kappa shape index (κ3) is 2.55. The molecule has 1 saturated carbocycles. The van der Waals surface area contributed by atoms with E-state index in [2.05, 4.69) is 25.5 Å². The first kappa shape index (κ1) is 12.6. The maximum Gasteiger partial charge on any atom is 0.223 e. The summed E-state index contributed by atoms with van der Waals surface area (Å²) in [7, 11) is 0. The molecule has 0 bridgehead atoms. The minimum atomic E-state index is 0.153. The SMILES string of the molecule is O=C(NC1CC1)C1CCN(c2ccc3nncn3n2)CC1. The molecule has 3 heterocycles. The summed E-state index contributed by atoms with van der Waals surface area (Å²) in [4.78, 5) is 14.3. The van der Waals surface area contributed by atoms with Crippen LogP contribution in [0.25, 0.3) is 5.65 Å². The van der Waals surface area contributed by atoms with Gasteiger partial charge in [-0.1, -0.05) is 0 Å². The van der Waals surface area contributed by atoms with Crippen LogP contribution in [0.15, 0.2) is 18.5 Å². The lowest BCUT2D eigenvalue weighted by Crippen LogP contribution is -2.41. The summed E-state index contributed by atoms with van der Waals surface area (Å²) in [5.74, 6) is 1.31. The summed E-state index contributed by atoms with van der Waals surface area (Å²) in [6.45, 7) is 1.73. The molecule has 0 spiro atoms. The molecule has 2 aromatic heterocycles. The fourth-order valence-electron chi connectivity index (χ4n) is 2.80. The van der Waals surface area contributed by atoms with Crippen molar-refractivity contribution in [2.24, 2.45) is 5.92 Å². The second kappa shape index (κ2) is 4.98. The van der Waals surface area contributed by atoms with Crippen LogP contribution >= 0.6 is 0 Å². The number of anilines is 1. The van der Waals surface area contributed by atoms with Crippen molar-refractivity contribution < 1.29 is 4.79 Å². The minimum absolute atomic E-state index is 0.153. The number of amides is 1. The lowest BCUT2D eigenvalue weighted by molar-refractivity contribution is -0.125. The van der Waals surface area contributed by atoms with Crippen molar-refractivity contribution in [3.63, 3.8) is 0 Å². The highest BCUT2D eigenvalue weighted by Gasteiger charge is 2.30. The van der Waals surface area contributed by atoms with E-state index in [9.17, 15) is 4.79 Å². The Morgan fingerprint density at radius 2 is 2.00 bits per heavy atom. The van der Waals surface area contributed by atoms with Gasteiger partial charge in [-0.2, -0.15) is 4.52 Å². The third-order valence-corrected chi connectivity index (χ3v) is 4.26. The van der Waals surface area contributed by atoms with E-state index in [1.165, 1.54) is 0 Å². The van der Waals surface area contributed by atoms with Crippen LogP contribution in [0.5, 0.6) is 0 Å². The highest BCUT2D eigenvalue weighted by atomic mass is 16.2. The molecule has 2 aromatic rings. The van der Waals surface area contributed by atoms with Crippen molar-refractivity contribution in [3.05, 3.63) is 18.5 Å². The van der Waals surface area contributed by atoms with Gasteiger partial charge >= 0.3 is 0 Å². The van der Waals surface area contributed by atoms with Crippen molar-refractivity contribution in [1.29, 1.82) is 0 Å². The van der Waals surface area contributed by atoms with Gasteiger partial charge in [-0.15, -0.1) is 15.3 Å². The van der Waals surface area contributed by atoms with Gasteiger partial charge < -0.3 is 10.2 Å². The molecule has 0 atom stereocenters. The van der Waals surface area contributed by atoms with Crippen LogP contribution in [0, 0.1) is 5.92 Å². The summed E-state index contributed by atoms with van der Waals surface area (Å²) >= 11 is 0. The smallest absolute Gasteiger partial charge is 0.223 e. The standard InChI is InChI=1S/C14H18N6O/c21-14(16-11-1-2-11)10-5-7-19(8-6-10)13-4-3-12-17-15-9-20(12)18-13/h3-4,9-11H,1-2,5-8H2,(H,16,21). The lowest BCUT2D eigenvalue weighted by Gasteiger charge is -2.32. The van der Waals surface area contributed by atoms with Gasteiger partial charge in [0, 0.05) is 25.0 Å². The van der Waals surface area contributed by atoms with Crippen molar-refractivity contribution in [1.82, 2.24) is 25.1 Å². The monoisotopic (exact) mass is 286 g/mol. The zero-order chi connectivity index (χ0) is 14.2. The van der Waals surface area contributed by atoms with Gasteiger partial charge in [-0.05, 0) is 37.8 Å². The van der Waals surface area contributed by atoms with Gasteiger partial charge in [0.15, 0.2) is 5.65 Å². The normalized spacial score (nSPS) is 19.9. The molecule has 1 amide bonds. The predicted molar refractivity (Wildman–Crippen MR) is 76.9 cm³/mol. The molecule has 1 aliphatic carbocycles. The van der Waals surface area contributed by atoms with Crippen LogP contribution in [0.2, 0.25) is 0 Å². The van der Waals surface area contributed by atoms with Gasteiger partial charge in [-0.25, -0.2) is 0 Å². The Labute approximate surface area is 122 Å². The van der Waals surface area contributed by atoms with E-state index in [-0.39, 0.29) is 11.8 Å². The van der Waals surface area contributed by atoms with Crippen molar-refractivity contribution in [2.45, 2.75) is 31.7 Å². The number of aromatic nitrogens is 4. The minimum Gasteiger partial charge on any atom is -0.355 e. The molecule has 21 heavy (non-hydrogen) atoms. The van der Waals surface area contributed by atoms with Crippen LogP contribution in [0.3, 0.4) is 0 Å². The van der Waals surface area contributed by atoms with E-state index in [0.29, 0.717) is 6.04 Å². The Balaban J connectivity index is 1.40. The Hall–Kier alpha value is -2.18. The Morgan fingerprint density at radius 3 is 2.76 bits per heavy atom. The molecule has 7 nitrogen and oxygen atoms in total. The maximum absolute atomic E-state index is 12.1. The van der Waals surface area contributed by atoms with E-state index in [0.717, 1.165) is 50.2 Å². The molecule has 0 unspecified atom stereocenters. The highest BCUT2D eigenvalue weighted by Crippen LogP contribution is 2.24. The molecular weight excluding hydrogens is 268 g/mol. The highest BCUT2D eigenvalue weighted by molar-refractivity contribution is 5.79. The first-order chi connectivity index (χ1) is 10.3. The second-order valence-electron chi connectivity index (χ2n) is 5.87. The average Bonchev–Trinajstić information content (AvgIpc) is 3.21. The Bertz CT molecular complexity index is 656. The summed E-state index contributed by atoms with van der Waals surface area (Å²) in [6, 6.07) is 4.34. The summed E-state index contributed by atoms with van der Waals surface area (Å²) in [6.07, 6.45) is 5.68. The lowest BCUT2D eigenvalue weighted by atomic mass is 9.96. The van der Waals surface area contributed by atoms with Crippen LogP contribution in [-0.4, -0.2) is 44.8 Å². The molecule has 1 saturated heterocycles. The van der Waals surface area contributed by atoms with Gasteiger partial charge in [0.2, 0.25) is 5.91 Å². The first-order valence-electron chi connectivity index (χ1n) is 7.52. The Morgan fingerprint density at radius 1 is 1.19 bits per heavy atom. The van der Waals surface area contributed by atoms with Crippen LogP contribution < -0.4 is 10.2 Å². The molecule has 2 fully saturated rings. The van der Waals surface area contributed by atoms with E-state index in [1.807, 2.05) is 12.1 Å². The molecule has 1 N–H and O–H groups in total. The van der Waals surface area contributed by atoms with Crippen molar-refractivity contribution >= 4 is 17.4 Å². The van der Waals surface area contributed by atoms with Gasteiger partial charge in [0.25, 0.3) is 0 Å². The largest absolute Gasteiger partial charge is 0.355 e. The number of carbonyl (C=O) groups is 1. The molecule has 2 aliphatic rings. The number of hydrogen-bond acceptors (Lipinski definition) is 5. The molecule has 0 aromatic carbocycles. The van der Waals surface area contributed by atoms with E-state index >= 15 is 0 Å². The van der Waals surface area contributed by atoms with Gasteiger partial charge in [-0.3, -0.25) is 4.79 Å². The molecule has 0 radical (unpaired) electrons. The molecule has 7 heteroatoms. The number of carbonyl (C=O) groups excluding carboxylic acids is 1. The fraction of sp³-hybridized carbons (Fsp3) is 0.571. The molecule has 4 rings (SSSR count). The zero-order valence-corrected chi connectivity index (χ0v) is 11.8. The van der Waals surface area contributed by atoms with Crippen LogP contribution in [-0.2, 0) is 4.79 Å². The first-order valence-corrected chi connectivity index (χ1v) is 7.52. The third-order valence-electron chi connectivity index (χ3n) is 4.26. The number of piperidine rings is 1. The van der Waals surface area contributed by atoms with Crippen LogP contribution in [0.1, 0.15) is 25.7 Å². The molecule has 110 valence electrons. The Kier molecular flexibility index (Phi) is 2.98. The summed E-state index contributed by atoms with van der Waals surface area (Å²) < 4.78 is 1.68. The topological polar surface area (TPSA) is 75.4 Å². The summed E-state index contributed by atoms with van der Waals surface area (Å²) in [5.41, 5.74) is 0.748. The van der Waals surface area contributed by atoms with Crippen molar-refractivity contribution in [3.8, 4) is 0 Å². The number of nitrogens with one attached hydrogen (secondary N) is 1. The number of hydrogen-bond donors (Lipinski definition) is 1. The number of fused-ring (bicyclic) bond motifs is 1. The zero-order valence-electron chi connectivity index (χ0n) is 11.8. The number of rotatable bonds is 3. The van der Waals surface area contributed by atoms with Gasteiger partial charge in [0.1, 0.15) is 12.1 Å². The number of nitrogens with zero attached hydrogens (tertiary/aromatic N) is 5. The summed E-state index contributed by atoms with van der Waals surface area (Å²) in [5, 5.41) is 15.4. The fourth-order valence-corrected chi connectivity index (χ4v) is 2.80. The maximum atomic E-state index is 12.1. The average molecular weight is 286 g/mol. The molecule has 1 aliphatic heterocycles. The van der Waals surface area contributed by atoms with E-state index < -0.39 is 0 Å². The van der Waals surface area contributed by atoms with Gasteiger partial charge in [0.05, 0.1) is 0 Å². The second-order valence-corrected chi connectivity index (χ2v) is 5.87. The van der Waals surface area contributed by atoms with E-state index in [1.54, 1.807) is 10.8 Å². The quantitative estimate of drug-likeness (QED) is 0.895. The van der Waals surface area contributed by atoms with Crippen molar-refractivity contribution in [2.75, 3.05) is 18.0 Å². The van der Waals surface area contributed by atoms with E-state index in [4.69, 9.17) is 0 Å². The molecular formula is C14H18N6O.